The number of rotatable bonds is 8. The summed E-state index contributed by atoms with van der Waals surface area (Å²) in [6.45, 7) is 5.92. The number of benzene rings is 2. The van der Waals surface area contributed by atoms with Crippen molar-refractivity contribution in [2.24, 2.45) is 0 Å². The maximum absolute atomic E-state index is 11.4. The summed E-state index contributed by atoms with van der Waals surface area (Å²) in [6, 6.07) is 20.3. The molecule has 0 fully saturated rings. The number of esters is 1. The summed E-state index contributed by atoms with van der Waals surface area (Å²) in [5.41, 5.74) is 5.31. The molecule has 0 aliphatic heterocycles. The Morgan fingerprint density at radius 3 is 2.56 bits per heavy atom. The van der Waals surface area contributed by atoms with Gasteiger partial charge in [-0.25, -0.2) is 0 Å². The Morgan fingerprint density at radius 2 is 1.78 bits per heavy atom. The summed E-state index contributed by atoms with van der Waals surface area (Å²) in [5.74, 6) is -0.331. The molecule has 0 aliphatic carbocycles. The smallest absolute Gasteiger partial charge is 0.303 e. The summed E-state index contributed by atoms with van der Waals surface area (Å²) in [5, 5.41) is 8.15. The van der Waals surface area contributed by atoms with Crippen LogP contribution in [0.25, 0.3) is 10.9 Å². The van der Waals surface area contributed by atoms with Crippen LogP contribution in [0.2, 0.25) is 0 Å². The van der Waals surface area contributed by atoms with Crippen LogP contribution in [0.4, 0.5) is 17.1 Å². The molecule has 0 aliphatic rings. The number of aromatic nitrogens is 2. The van der Waals surface area contributed by atoms with E-state index in [9.17, 15) is 4.79 Å². The Hall–Kier alpha value is -3.80. The number of nitrogens with zero attached hydrogens (tertiary/aromatic N) is 1. The fraction of sp³-hybridized carbons (Fsp3) is 0.231. The Bertz CT molecular complexity index is 1210. The number of fused-ring (bicyclic) bond motifs is 1. The summed E-state index contributed by atoms with van der Waals surface area (Å²) in [4.78, 5) is 19.1. The SMILES string of the molecule is CC(=O)OC(C)(C)c1cc(Nc2ccc(NCCc3c[nH]c4ccccc34)cc2)ccn1. The van der Waals surface area contributed by atoms with Crippen LogP contribution >= 0.6 is 0 Å². The molecule has 164 valence electrons. The van der Waals surface area contributed by atoms with Crippen LogP contribution in [-0.4, -0.2) is 22.5 Å². The molecule has 6 heteroatoms. The van der Waals surface area contributed by atoms with Gasteiger partial charge in [0.15, 0.2) is 0 Å². The van der Waals surface area contributed by atoms with Crippen LogP contribution in [0, 0.1) is 0 Å². The quantitative estimate of drug-likeness (QED) is 0.311. The van der Waals surface area contributed by atoms with E-state index in [-0.39, 0.29) is 5.97 Å². The maximum atomic E-state index is 11.4. The Kier molecular flexibility index (Phi) is 6.12. The van der Waals surface area contributed by atoms with Crippen LogP contribution in [0.5, 0.6) is 0 Å². The molecule has 0 radical (unpaired) electrons. The number of aromatic amines is 1. The van der Waals surface area contributed by atoms with Crippen molar-refractivity contribution in [1.82, 2.24) is 9.97 Å². The first-order valence-electron chi connectivity index (χ1n) is 10.7. The molecule has 3 N–H and O–H groups in total. The van der Waals surface area contributed by atoms with E-state index in [0.29, 0.717) is 5.69 Å². The standard InChI is InChI=1S/C26H28N4O2/c1-18(31)32-26(2,3)25-16-22(13-15-28-25)30-21-10-8-20(9-11-21)27-14-12-19-17-29-24-7-5-4-6-23(19)24/h4-11,13,15-17,27,29H,12,14H2,1-3H3,(H,28,30). The predicted molar refractivity (Wildman–Crippen MR) is 129 cm³/mol. The number of carbonyl (C=O) groups is 1. The fourth-order valence-corrected chi connectivity index (χ4v) is 3.77. The van der Waals surface area contributed by atoms with Crippen molar-refractivity contribution in [1.29, 1.82) is 0 Å². The molecule has 0 bridgehead atoms. The van der Waals surface area contributed by atoms with E-state index in [1.54, 1.807) is 6.20 Å². The van der Waals surface area contributed by atoms with Gasteiger partial charge < -0.3 is 20.4 Å². The van der Waals surface area contributed by atoms with Gasteiger partial charge in [-0.1, -0.05) is 18.2 Å². The summed E-state index contributed by atoms with van der Waals surface area (Å²) >= 11 is 0. The monoisotopic (exact) mass is 428 g/mol. The van der Waals surface area contributed by atoms with Gasteiger partial charge in [-0.05, 0) is 68.3 Å². The first-order chi connectivity index (χ1) is 15.4. The highest BCUT2D eigenvalue weighted by molar-refractivity contribution is 5.83. The number of pyridine rings is 1. The van der Waals surface area contributed by atoms with Gasteiger partial charge in [-0.3, -0.25) is 9.78 Å². The lowest BCUT2D eigenvalue weighted by Crippen LogP contribution is -2.25. The van der Waals surface area contributed by atoms with Gasteiger partial charge in [-0.15, -0.1) is 0 Å². The number of anilines is 3. The maximum Gasteiger partial charge on any atom is 0.303 e. The molecule has 4 rings (SSSR count). The van der Waals surface area contributed by atoms with Crippen molar-refractivity contribution in [2.75, 3.05) is 17.2 Å². The second kappa shape index (κ2) is 9.14. The number of carbonyl (C=O) groups excluding carboxylic acids is 1. The summed E-state index contributed by atoms with van der Waals surface area (Å²) in [7, 11) is 0. The second-order valence-corrected chi connectivity index (χ2v) is 8.27. The molecule has 0 amide bonds. The lowest BCUT2D eigenvalue weighted by atomic mass is 10.0. The number of hydrogen-bond donors (Lipinski definition) is 3. The van der Waals surface area contributed by atoms with Gasteiger partial charge in [0, 0.05) is 53.8 Å². The van der Waals surface area contributed by atoms with Gasteiger partial charge >= 0.3 is 5.97 Å². The minimum atomic E-state index is -0.790. The van der Waals surface area contributed by atoms with Crippen LogP contribution in [0.15, 0.2) is 73.1 Å². The molecule has 0 atom stereocenters. The van der Waals surface area contributed by atoms with Crippen LogP contribution in [0.1, 0.15) is 32.0 Å². The van der Waals surface area contributed by atoms with E-state index >= 15 is 0 Å². The lowest BCUT2D eigenvalue weighted by Gasteiger charge is -2.24. The third-order valence-electron chi connectivity index (χ3n) is 5.35. The minimum absolute atomic E-state index is 0.331. The van der Waals surface area contributed by atoms with E-state index in [1.165, 1.54) is 23.4 Å². The van der Waals surface area contributed by atoms with E-state index in [4.69, 9.17) is 4.74 Å². The Balaban J connectivity index is 1.35. The van der Waals surface area contributed by atoms with Crippen molar-refractivity contribution in [3.05, 3.63) is 84.3 Å². The normalized spacial score (nSPS) is 11.3. The zero-order valence-electron chi connectivity index (χ0n) is 18.6. The highest BCUT2D eigenvalue weighted by Gasteiger charge is 2.25. The van der Waals surface area contributed by atoms with Gasteiger partial charge in [0.05, 0.1) is 5.69 Å². The molecule has 2 heterocycles. The molecule has 32 heavy (non-hydrogen) atoms. The minimum Gasteiger partial charge on any atom is -0.453 e. The molecule has 2 aromatic heterocycles. The first-order valence-corrected chi connectivity index (χ1v) is 10.7. The zero-order valence-corrected chi connectivity index (χ0v) is 18.6. The molecule has 6 nitrogen and oxygen atoms in total. The van der Waals surface area contributed by atoms with Crippen LogP contribution in [-0.2, 0) is 21.6 Å². The van der Waals surface area contributed by atoms with E-state index in [2.05, 4.69) is 57.1 Å². The van der Waals surface area contributed by atoms with E-state index in [1.807, 2.05) is 44.2 Å². The third kappa shape index (κ3) is 5.09. The van der Waals surface area contributed by atoms with Gasteiger partial charge in [0.25, 0.3) is 0 Å². The molecular weight excluding hydrogens is 400 g/mol. The average Bonchev–Trinajstić information content (AvgIpc) is 3.18. The highest BCUT2D eigenvalue weighted by Crippen LogP contribution is 2.27. The second-order valence-electron chi connectivity index (χ2n) is 8.27. The Labute approximate surface area is 188 Å². The van der Waals surface area contributed by atoms with Crippen LogP contribution in [0.3, 0.4) is 0 Å². The number of H-pyrrole nitrogens is 1. The Morgan fingerprint density at radius 1 is 1.03 bits per heavy atom. The largest absolute Gasteiger partial charge is 0.453 e. The average molecular weight is 429 g/mol. The number of ether oxygens (including phenoxy) is 1. The summed E-state index contributed by atoms with van der Waals surface area (Å²) in [6.07, 6.45) is 4.75. The van der Waals surface area contributed by atoms with Gasteiger partial charge in [0.2, 0.25) is 0 Å². The number of nitrogens with one attached hydrogen (secondary N) is 3. The highest BCUT2D eigenvalue weighted by atomic mass is 16.6. The van der Waals surface area contributed by atoms with Crippen molar-refractivity contribution in [3.63, 3.8) is 0 Å². The third-order valence-corrected chi connectivity index (χ3v) is 5.35. The molecule has 0 spiro atoms. The molecular formula is C26H28N4O2. The van der Waals surface area contributed by atoms with Gasteiger partial charge in [0.1, 0.15) is 5.60 Å². The van der Waals surface area contributed by atoms with Crippen LogP contribution < -0.4 is 10.6 Å². The topological polar surface area (TPSA) is 79.0 Å². The molecule has 0 saturated heterocycles. The molecule has 0 saturated carbocycles. The molecule has 0 unspecified atom stereocenters. The first kappa shape index (κ1) is 21.4. The van der Waals surface area contributed by atoms with Crippen molar-refractivity contribution < 1.29 is 9.53 Å². The van der Waals surface area contributed by atoms with E-state index < -0.39 is 5.60 Å². The zero-order chi connectivity index (χ0) is 22.6. The number of hydrogen-bond acceptors (Lipinski definition) is 5. The van der Waals surface area contributed by atoms with E-state index in [0.717, 1.165) is 30.0 Å². The molecule has 4 aromatic rings. The van der Waals surface area contributed by atoms with Crippen molar-refractivity contribution in [3.8, 4) is 0 Å². The lowest BCUT2D eigenvalue weighted by molar-refractivity contribution is -0.154. The fourth-order valence-electron chi connectivity index (χ4n) is 3.77. The van der Waals surface area contributed by atoms with Crippen molar-refractivity contribution >= 4 is 33.9 Å². The van der Waals surface area contributed by atoms with Gasteiger partial charge in [-0.2, -0.15) is 0 Å². The predicted octanol–water partition coefficient (Wildman–Crippen LogP) is 5.76. The summed E-state index contributed by atoms with van der Waals surface area (Å²) < 4.78 is 5.39. The molecule has 2 aromatic carbocycles. The number of para-hydroxylation sites is 1. The van der Waals surface area contributed by atoms with Crippen molar-refractivity contribution in [2.45, 2.75) is 32.8 Å².